The van der Waals surface area contributed by atoms with E-state index in [2.05, 4.69) is 20.8 Å². The van der Waals surface area contributed by atoms with Gasteiger partial charge in [0.25, 0.3) is 5.91 Å². The number of pyridine rings is 1. The first-order chi connectivity index (χ1) is 18.6. The summed E-state index contributed by atoms with van der Waals surface area (Å²) in [5.74, 6) is -1.66. The number of hydrogen-bond donors (Lipinski definition) is 3. The molecule has 2 amide bonds. The molecule has 0 fully saturated rings. The number of benzene rings is 2. The molecule has 204 valence electrons. The van der Waals surface area contributed by atoms with Crippen LogP contribution >= 0.6 is 0 Å². The van der Waals surface area contributed by atoms with Crippen molar-refractivity contribution in [1.29, 1.82) is 0 Å². The van der Waals surface area contributed by atoms with Gasteiger partial charge in [-0.05, 0) is 46.9 Å². The Labute approximate surface area is 220 Å². The zero-order chi connectivity index (χ0) is 28.2. The van der Waals surface area contributed by atoms with Crippen molar-refractivity contribution >= 4 is 23.7 Å². The Kier molecular flexibility index (Phi) is 8.27. The van der Waals surface area contributed by atoms with Crippen molar-refractivity contribution in [3.8, 4) is 0 Å². The van der Waals surface area contributed by atoms with Gasteiger partial charge in [-0.3, -0.25) is 14.0 Å². The van der Waals surface area contributed by atoms with Gasteiger partial charge in [-0.15, -0.1) is 0 Å². The van der Waals surface area contributed by atoms with Gasteiger partial charge < -0.3 is 20.9 Å². The summed E-state index contributed by atoms with van der Waals surface area (Å²) < 4.78 is 57.8. The Morgan fingerprint density at radius 1 is 1.21 bits per heavy atom. The number of aliphatic hydroxyl groups is 1. The normalized spacial score (nSPS) is 16.3. The van der Waals surface area contributed by atoms with E-state index >= 15 is 0 Å². The van der Waals surface area contributed by atoms with Crippen molar-refractivity contribution in [3.05, 3.63) is 101 Å². The van der Waals surface area contributed by atoms with Gasteiger partial charge in [-0.2, -0.15) is 13.2 Å². The standard InChI is InChI=1S/C26H21F4N3O3.CH3NO/c27-19-7-6-17(24-18-4-2-1-3-16(18)10-22(24)34)9-20(19)32-25(35)21-11-31-23-8-5-15(12-33(21)23)13-36-14-26(28,29)30;2-1-3/h1-9,11-12,22,24,34H,10,13-14H2,(H,32,35);1H,(H2,2,3)/t22-,24?;/m1./s1. The molecule has 8 nitrogen and oxygen atoms in total. The van der Waals surface area contributed by atoms with Crippen molar-refractivity contribution < 1.29 is 37.0 Å². The minimum Gasteiger partial charge on any atom is -0.392 e. The third-order valence-electron chi connectivity index (χ3n) is 6.14. The van der Waals surface area contributed by atoms with E-state index in [-0.39, 0.29) is 30.3 Å². The molecule has 4 aromatic rings. The number of carbonyl (C=O) groups excluding carboxylic acids is 2. The van der Waals surface area contributed by atoms with Gasteiger partial charge >= 0.3 is 6.18 Å². The maximum absolute atomic E-state index is 14.7. The van der Waals surface area contributed by atoms with Crippen LogP contribution in [0.1, 0.15) is 38.7 Å². The molecule has 0 radical (unpaired) electrons. The molecule has 1 aliphatic rings. The highest BCUT2D eigenvalue weighted by Crippen LogP contribution is 2.39. The van der Waals surface area contributed by atoms with Crippen molar-refractivity contribution in [1.82, 2.24) is 9.38 Å². The molecule has 0 saturated heterocycles. The molecule has 0 saturated carbocycles. The van der Waals surface area contributed by atoms with Gasteiger partial charge in [-0.25, -0.2) is 9.37 Å². The Morgan fingerprint density at radius 3 is 2.69 bits per heavy atom. The van der Waals surface area contributed by atoms with Crippen LogP contribution in [0.4, 0.5) is 23.2 Å². The number of rotatable bonds is 6. The smallest absolute Gasteiger partial charge is 0.392 e. The molecule has 2 aromatic carbocycles. The fourth-order valence-electron chi connectivity index (χ4n) is 4.56. The topological polar surface area (TPSA) is 119 Å². The van der Waals surface area contributed by atoms with Crippen LogP contribution in [0.25, 0.3) is 5.65 Å². The van der Waals surface area contributed by atoms with Crippen LogP contribution < -0.4 is 11.1 Å². The molecule has 2 aromatic heterocycles. The van der Waals surface area contributed by atoms with Crippen molar-refractivity contribution in [3.63, 3.8) is 0 Å². The maximum atomic E-state index is 14.7. The Bertz CT molecular complexity index is 1490. The number of carbonyl (C=O) groups is 2. The van der Waals surface area contributed by atoms with E-state index < -0.39 is 30.6 Å². The lowest BCUT2D eigenvalue weighted by Crippen LogP contribution is -2.18. The summed E-state index contributed by atoms with van der Waals surface area (Å²) in [6.45, 7) is -1.70. The summed E-state index contributed by atoms with van der Waals surface area (Å²) in [6.07, 6.45) is -1.64. The van der Waals surface area contributed by atoms with Gasteiger partial charge in [0.1, 0.15) is 23.8 Å². The number of fused-ring (bicyclic) bond motifs is 2. The number of nitrogens with zero attached hydrogens (tertiary/aromatic N) is 2. The monoisotopic (exact) mass is 544 g/mol. The minimum absolute atomic E-state index is 0.0614. The molecule has 39 heavy (non-hydrogen) atoms. The van der Waals surface area contributed by atoms with Crippen molar-refractivity contribution in [2.75, 3.05) is 11.9 Å². The summed E-state index contributed by atoms with van der Waals surface area (Å²) >= 11 is 0. The molecule has 0 aliphatic heterocycles. The van der Waals surface area contributed by atoms with Gasteiger partial charge in [-0.1, -0.05) is 36.4 Å². The summed E-state index contributed by atoms with van der Waals surface area (Å²) in [4.78, 5) is 25.7. The first kappa shape index (κ1) is 27.7. The fourth-order valence-corrected chi connectivity index (χ4v) is 4.56. The number of nitrogens with two attached hydrogens (primary N) is 1. The number of imidazole rings is 1. The molecule has 1 aliphatic carbocycles. The van der Waals surface area contributed by atoms with Gasteiger partial charge in [0, 0.05) is 12.1 Å². The predicted octanol–water partition coefficient (Wildman–Crippen LogP) is 3.96. The second kappa shape index (κ2) is 11.6. The average Bonchev–Trinajstić information content (AvgIpc) is 3.45. The zero-order valence-electron chi connectivity index (χ0n) is 20.4. The molecule has 1 unspecified atom stereocenters. The molecular weight excluding hydrogens is 520 g/mol. The Hall–Kier alpha value is -4.29. The number of nitrogens with one attached hydrogen (secondary N) is 1. The lowest BCUT2D eigenvalue weighted by Gasteiger charge is -2.18. The first-order valence-electron chi connectivity index (χ1n) is 11.7. The van der Waals surface area contributed by atoms with E-state index in [4.69, 9.17) is 4.79 Å². The van der Waals surface area contributed by atoms with Gasteiger partial charge in [0.15, 0.2) is 0 Å². The van der Waals surface area contributed by atoms with Crippen molar-refractivity contribution in [2.24, 2.45) is 5.73 Å². The van der Waals surface area contributed by atoms with E-state index in [0.717, 1.165) is 11.1 Å². The average molecular weight is 545 g/mol. The predicted molar refractivity (Wildman–Crippen MR) is 134 cm³/mol. The summed E-state index contributed by atoms with van der Waals surface area (Å²) in [5, 5.41) is 13.2. The summed E-state index contributed by atoms with van der Waals surface area (Å²) in [7, 11) is 0. The van der Waals surface area contributed by atoms with Crippen LogP contribution in [-0.4, -0.2) is 45.7 Å². The van der Waals surface area contributed by atoms with Crippen LogP contribution in [0, 0.1) is 5.82 Å². The second-order valence-electron chi connectivity index (χ2n) is 8.79. The number of aromatic nitrogens is 2. The van der Waals surface area contributed by atoms with Crippen LogP contribution in [0.3, 0.4) is 0 Å². The molecule has 2 atom stereocenters. The number of aliphatic hydroxyl groups excluding tert-OH is 1. The largest absolute Gasteiger partial charge is 0.411 e. The molecule has 12 heteroatoms. The molecule has 2 heterocycles. The first-order valence-corrected chi connectivity index (χ1v) is 11.7. The quantitative estimate of drug-likeness (QED) is 0.251. The Balaban J connectivity index is 0.00000112. The number of ether oxygens (including phenoxy) is 1. The molecule has 4 N–H and O–H groups in total. The van der Waals surface area contributed by atoms with Crippen molar-refractivity contribution in [2.45, 2.75) is 31.2 Å². The van der Waals surface area contributed by atoms with Gasteiger partial charge in [0.2, 0.25) is 6.41 Å². The molecule has 0 bridgehead atoms. The number of alkyl halides is 3. The highest BCUT2D eigenvalue weighted by Gasteiger charge is 2.32. The Morgan fingerprint density at radius 2 is 1.95 bits per heavy atom. The van der Waals surface area contributed by atoms with Gasteiger partial charge in [0.05, 0.1) is 24.6 Å². The van der Waals surface area contributed by atoms with Crippen LogP contribution in [0.2, 0.25) is 0 Å². The number of hydrogen-bond acceptors (Lipinski definition) is 5. The third-order valence-corrected chi connectivity index (χ3v) is 6.14. The fraction of sp³-hybridized carbons (Fsp3) is 0.222. The zero-order valence-corrected chi connectivity index (χ0v) is 20.4. The van der Waals surface area contributed by atoms with Crippen LogP contribution in [0.15, 0.2) is 67.0 Å². The number of amides is 2. The second-order valence-corrected chi connectivity index (χ2v) is 8.79. The summed E-state index contributed by atoms with van der Waals surface area (Å²) in [5.41, 5.74) is 7.60. The highest BCUT2D eigenvalue weighted by molar-refractivity contribution is 6.03. The van der Waals surface area contributed by atoms with E-state index in [1.807, 2.05) is 24.3 Å². The number of anilines is 1. The van der Waals surface area contributed by atoms with Crippen LogP contribution in [-0.2, 0) is 22.6 Å². The third kappa shape index (κ3) is 6.41. The lowest BCUT2D eigenvalue weighted by atomic mass is 9.91. The summed E-state index contributed by atoms with van der Waals surface area (Å²) in [6, 6.07) is 15.1. The van der Waals surface area contributed by atoms with E-state index in [0.29, 0.717) is 23.2 Å². The van der Waals surface area contributed by atoms with E-state index in [1.165, 1.54) is 28.9 Å². The maximum Gasteiger partial charge on any atom is 0.411 e. The SMILES string of the molecule is NC=O.O=C(Nc1cc(C2c3ccccc3C[C@H]2O)ccc1F)c1cnc2ccc(COCC(F)(F)F)cn12. The lowest BCUT2D eigenvalue weighted by molar-refractivity contribution is -0.176. The number of halogens is 4. The molecule has 0 spiro atoms. The highest BCUT2D eigenvalue weighted by atomic mass is 19.4. The number of primary amides is 1. The minimum atomic E-state index is -4.45. The van der Waals surface area contributed by atoms with E-state index in [9.17, 15) is 27.5 Å². The molecule has 5 rings (SSSR count). The van der Waals surface area contributed by atoms with Crippen LogP contribution in [0.5, 0.6) is 0 Å². The molecular formula is C27H24F4N4O4. The van der Waals surface area contributed by atoms with E-state index in [1.54, 1.807) is 18.2 Å².